The Morgan fingerprint density at radius 3 is 2.14 bits per heavy atom. The fourth-order valence-electron chi connectivity index (χ4n) is 3.62. The Balaban J connectivity index is 1.35. The van der Waals surface area contributed by atoms with E-state index in [9.17, 15) is 13.2 Å². The zero-order chi connectivity index (χ0) is 20.4. The summed E-state index contributed by atoms with van der Waals surface area (Å²) < 4.78 is 64.0. The molecule has 0 amide bonds. The summed E-state index contributed by atoms with van der Waals surface area (Å²) in [5.41, 5.74) is 1.71. The molecule has 2 aromatic carbocycles. The minimum atomic E-state index is -4.70. The maximum atomic E-state index is 12.3. The van der Waals surface area contributed by atoms with Gasteiger partial charge >= 0.3 is 6.36 Å². The molecular weight excluding hydrogens is 389 g/mol. The van der Waals surface area contributed by atoms with Crippen molar-refractivity contribution in [2.24, 2.45) is 0 Å². The number of halogens is 3. The molecule has 2 aromatic rings. The second kappa shape index (κ2) is 8.22. The SMILES string of the molecule is COc1ccc([C@@H]2OC[C@H]3O[C@@H](c4ccc(OC(F)(F)F)cc4)CC[C@@H]3O2)cc1. The third kappa shape index (κ3) is 4.83. The Morgan fingerprint density at radius 2 is 1.48 bits per heavy atom. The lowest BCUT2D eigenvalue weighted by atomic mass is 9.95. The fraction of sp³-hybridized carbons (Fsp3) is 0.429. The van der Waals surface area contributed by atoms with E-state index in [0.29, 0.717) is 13.0 Å². The van der Waals surface area contributed by atoms with Gasteiger partial charge in [0.25, 0.3) is 0 Å². The summed E-state index contributed by atoms with van der Waals surface area (Å²) in [5, 5.41) is 0. The van der Waals surface area contributed by atoms with Gasteiger partial charge in [-0.1, -0.05) is 24.3 Å². The van der Waals surface area contributed by atoms with Crippen molar-refractivity contribution >= 4 is 0 Å². The van der Waals surface area contributed by atoms with Crippen LogP contribution >= 0.6 is 0 Å². The van der Waals surface area contributed by atoms with Crippen molar-refractivity contribution in [3.8, 4) is 11.5 Å². The van der Waals surface area contributed by atoms with Crippen LogP contribution in [0.2, 0.25) is 0 Å². The minimum absolute atomic E-state index is 0.0973. The van der Waals surface area contributed by atoms with Crippen LogP contribution in [-0.2, 0) is 14.2 Å². The lowest BCUT2D eigenvalue weighted by Crippen LogP contribution is -2.45. The van der Waals surface area contributed by atoms with Crippen molar-refractivity contribution in [2.75, 3.05) is 13.7 Å². The molecule has 2 aliphatic heterocycles. The zero-order valence-corrected chi connectivity index (χ0v) is 15.7. The molecule has 0 bridgehead atoms. The molecule has 0 radical (unpaired) electrons. The van der Waals surface area contributed by atoms with E-state index in [0.717, 1.165) is 23.3 Å². The van der Waals surface area contributed by atoms with Crippen molar-refractivity contribution in [1.29, 1.82) is 0 Å². The Bertz CT molecular complexity index is 807. The van der Waals surface area contributed by atoms with E-state index in [1.165, 1.54) is 12.1 Å². The molecule has 29 heavy (non-hydrogen) atoms. The molecule has 156 valence electrons. The summed E-state index contributed by atoms with van der Waals surface area (Å²) in [6.07, 6.45) is -4.23. The Labute approximate surface area is 166 Å². The molecule has 2 aliphatic rings. The quantitative estimate of drug-likeness (QED) is 0.716. The van der Waals surface area contributed by atoms with Crippen molar-refractivity contribution < 1.29 is 36.9 Å². The van der Waals surface area contributed by atoms with Crippen LogP contribution in [0.4, 0.5) is 13.2 Å². The van der Waals surface area contributed by atoms with E-state index in [-0.39, 0.29) is 24.1 Å². The second-order valence-electron chi connectivity index (χ2n) is 6.97. The monoisotopic (exact) mass is 410 g/mol. The smallest absolute Gasteiger partial charge is 0.497 e. The van der Waals surface area contributed by atoms with Crippen molar-refractivity contribution in [3.05, 3.63) is 59.7 Å². The van der Waals surface area contributed by atoms with Crippen molar-refractivity contribution in [2.45, 2.75) is 43.8 Å². The first-order valence-electron chi connectivity index (χ1n) is 9.33. The molecule has 2 heterocycles. The average molecular weight is 410 g/mol. The van der Waals surface area contributed by atoms with Crippen LogP contribution in [0, 0.1) is 0 Å². The predicted molar refractivity (Wildman–Crippen MR) is 96.5 cm³/mol. The summed E-state index contributed by atoms with van der Waals surface area (Å²) in [5.74, 6) is 0.513. The number of methoxy groups -OCH3 is 1. The van der Waals surface area contributed by atoms with E-state index >= 15 is 0 Å². The molecule has 2 saturated heterocycles. The topological polar surface area (TPSA) is 46.2 Å². The van der Waals surface area contributed by atoms with Gasteiger partial charge in [-0.2, -0.15) is 0 Å². The van der Waals surface area contributed by atoms with Gasteiger partial charge in [0.05, 0.1) is 25.9 Å². The fourth-order valence-corrected chi connectivity index (χ4v) is 3.62. The van der Waals surface area contributed by atoms with Gasteiger partial charge in [-0.25, -0.2) is 0 Å². The zero-order valence-electron chi connectivity index (χ0n) is 15.7. The molecule has 2 fully saturated rings. The third-order valence-corrected chi connectivity index (χ3v) is 5.05. The maximum absolute atomic E-state index is 12.3. The summed E-state index contributed by atoms with van der Waals surface area (Å²) in [6, 6.07) is 13.3. The Morgan fingerprint density at radius 1 is 0.828 bits per heavy atom. The van der Waals surface area contributed by atoms with Crippen molar-refractivity contribution in [1.82, 2.24) is 0 Å². The van der Waals surface area contributed by atoms with E-state index in [4.69, 9.17) is 18.9 Å². The molecule has 8 heteroatoms. The summed E-state index contributed by atoms with van der Waals surface area (Å²) in [4.78, 5) is 0. The van der Waals surface area contributed by atoms with E-state index in [1.54, 1.807) is 19.2 Å². The van der Waals surface area contributed by atoms with Crippen LogP contribution in [-0.4, -0.2) is 32.3 Å². The first-order valence-corrected chi connectivity index (χ1v) is 9.33. The molecule has 0 unspecified atom stereocenters. The lowest BCUT2D eigenvalue weighted by Gasteiger charge is -2.42. The van der Waals surface area contributed by atoms with Gasteiger partial charge in [-0.15, -0.1) is 13.2 Å². The Hall–Kier alpha value is -2.29. The number of hydrogen-bond acceptors (Lipinski definition) is 5. The number of alkyl halides is 3. The minimum Gasteiger partial charge on any atom is -0.497 e. The third-order valence-electron chi connectivity index (χ3n) is 5.05. The van der Waals surface area contributed by atoms with Crippen LogP contribution in [0.15, 0.2) is 48.5 Å². The highest BCUT2D eigenvalue weighted by atomic mass is 19.4. The van der Waals surface area contributed by atoms with Gasteiger partial charge in [0.2, 0.25) is 0 Å². The molecule has 5 nitrogen and oxygen atoms in total. The average Bonchev–Trinajstić information content (AvgIpc) is 2.72. The molecule has 0 aromatic heterocycles. The van der Waals surface area contributed by atoms with E-state index in [2.05, 4.69) is 4.74 Å². The maximum Gasteiger partial charge on any atom is 0.573 e. The number of fused-ring (bicyclic) bond motifs is 1. The van der Waals surface area contributed by atoms with Crippen LogP contribution in [0.3, 0.4) is 0 Å². The highest BCUT2D eigenvalue weighted by molar-refractivity contribution is 5.29. The van der Waals surface area contributed by atoms with Gasteiger partial charge in [-0.3, -0.25) is 0 Å². The van der Waals surface area contributed by atoms with Gasteiger partial charge in [-0.05, 0) is 42.7 Å². The van der Waals surface area contributed by atoms with Gasteiger partial charge in [0, 0.05) is 5.56 Å². The largest absolute Gasteiger partial charge is 0.573 e. The number of benzene rings is 2. The standard InChI is InChI=1S/C21H21F3O5/c1-25-15-6-4-14(5-7-15)20-26-12-19-18(28-20)11-10-17(27-19)13-2-8-16(9-3-13)29-21(22,23)24/h2-9,17-20H,10-12H2,1H3/t17-,18+,19-,20-/m1/s1. The second-order valence-corrected chi connectivity index (χ2v) is 6.97. The van der Waals surface area contributed by atoms with Crippen molar-refractivity contribution in [3.63, 3.8) is 0 Å². The van der Waals surface area contributed by atoms with Crippen LogP contribution in [0.1, 0.15) is 36.4 Å². The highest BCUT2D eigenvalue weighted by Gasteiger charge is 2.39. The normalized spacial score (nSPS) is 27.2. The number of hydrogen-bond donors (Lipinski definition) is 0. The molecule has 0 spiro atoms. The van der Waals surface area contributed by atoms with Gasteiger partial charge in [0.1, 0.15) is 17.6 Å². The summed E-state index contributed by atoms with van der Waals surface area (Å²) in [6.45, 7) is 0.382. The lowest BCUT2D eigenvalue weighted by molar-refractivity contribution is -0.289. The summed E-state index contributed by atoms with van der Waals surface area (Å²) in [7, 11) is 1.61. The Kier molecular flexibility index (Phi) is 5.67. The molecule has 4 rings (SSSR count). The molecule has 0 aliphatic carbocycles. The van der Waals surface area contributed by atoms with Crippen LogP contribution in [0.25, 0.3) is 0 Å². The van der Waals surface area contributed by atoms with Crippen LogP contribution in [0.5, 0.6) is 11.5 Å². The van der Waals surface area contributed by atoms with Gasteiger partial charge < -0.3 is 23.7 Å². The molecule has 4 atom stereocenters. The van der Waals surface area contributed by atoms with Crippen LogP contribution < -0.4 is 9.47 Å². The molecular formula is C21H21F3O5. The summed E-state index contributed by atoms with van der Waals surface area (Å²) >= 11 is 0. The first kappa shape index (κ1) is 20.0. The van der Waals surface area contributed by atoms with Gasteiger partial charge in [0.15, 0.2) is 6.29 Å². The highest BCUT2D eigenvalue weighted by Crippen LogP contribution is 2.39. The molecule has 0 N–H and O–H groups in total. The van der Waals surface area contributed by atoms with E-state index < -0.39 is 12.7 Å². The number of rotatable bonds is 4. The number of ether oxygens (including phenoxy) is 5. The van der Waals surface area contributed by atoms with E-state index in [1.807, 2.05) is 24.3 Å². The molecule has 0 saturated carbocycles. The first-order chi connectivity index (χ1) is 13.9. The predicted octanol–water partition coefficient (Wildman–Crippen LogP) is 4.93.